The van der Waals surface area contributed by atoms with Crippen molar-refractivity contribution in [1.82, 2.24) is 5.43 Å². The van der Waals surface area contributed by atoms with Crippen LogP contribution >= 0.6 is 0 Å². The van der Waals surface area contributed by atoms with E-state index in [9.17, 15) is 4.79 Å². The van der Waals surface area contributed by atoms with Crippen LogP contribution in [-0.2, 0) is 0 Å². The monoisotopic (exact) mass is 193 g/mol. The maximum atomic E-state index is 11.3. The van der Waals surface area contributed by atoms with E-state index in [0.29, 0.717) is 0 Å². The van der Waals surface area contributed by atoms with Crippen LogP contribution in [0.1, 0.15) is 11.1 Å². The van der Waals surface area contributed by atoms with E-state index in [2.05, 4.69) is 5.43 Å². The van der Waals surface area contributed by atoms with Crippen LogP contribution in [0.4, 0.5) is 10.5 Å². The highest BCUT2D eigenvalue weighted by Gasteiger charge is 2.10. The molecular formula is C10H15N3O. The summed E-state index contributed by atoms with van der Waals surface area (Å²) in [4.78, 5) is 12.8. The van der Waals surface area contributed by atoms with Crippen molar-refractivity contribution in [2.24, 2.45) is 5.84 Å². The maximum absolute atomic E-state index is 11.3. The lowest BCUT2D eigenvalue weighted by Gasteiger charge is -2.19. The van der Waals surface area contributed by atoms with E-state index in [1.165, 1.54) is 4.90 Å². The summed E-state index contributed by atoms with van der Waals surface area (Å²) < 4.78 is 0. The Morgan fingerprint density at radius 1 is 1.43 bits per heavy atom. The summed E-state index contributed by atoms with van der Waals surface area (Å²) in [6.45, 7) is 3.94. The van der Waals surface area contributed by atoms with Gasteiger partial charge in [0.1, 0.15) is 0 Å². The molecule has 0 spiro atoms. The number of nitrogens with two attached hydrogens (primary N) is 1. The lowest BCUT2D eigenvalue weighted by Crippen LogP contribution is -2.41. The number of urea groups is 1. The minimum absolute atomic E-state index is 0.321. The first-order valence-corrected chi connectivity index (χ1v) is 4.38. The molecule has 0 radical (unpaired) electrons. The molecule has 1 rings (SSSR count). The van der Waals surface area contributed by atoms with Crippen molar-refractivity contribution < 1.29 is 4.79 Å². The minimum atomic E-state index is -0.321. The molecule has 0 aliphatic rings. The van der Waals surface area contributed by atoms with Crippen LogP contribution in [0.5, 0.6) is 0 Å². The Bertz CT molecular complexity index is 349. The summed E-state index contributed by atoms with van der Waals surface area (Å²) in [7, 11) is 1.68. The smallest absolute Gasteiger partial charge is 0.296 e. The lowest BCUT2D eigenvalue weighted by atomic mass is 10.1. The summed E-state index contributed by atoms with van der Waals surface area (Å²) in [6.07, 6.45) is 0. The van der Waals surface area contributed by atoms with E-state index in [-0.39, 0.29) is 6.03 Å². The fourth-order valence-electron chi connectivity index (χ4n) is 1.29. The highest BCUT2D eigenvalue weighted by Crippen LogP contribution is 2.19. The van der Waals surface area contributed by atoms with Gasteiger partial charge in [0.2, 0.25) is 0 Å². The molecule has 4 nitrogen and oxygen atoms in total. The molecule has 0 saturated carbocycles. The van der Waals surface area contributed by atoms with Crippen molar-refractivity contribution in [3.63, 3.8) is 0 Å². The van der Waals surface area contributed by atoms with E-state index in [1.807, 2.05) is 32.0 Å². The summed E-state index contributed by atoms with van der Waals surface area (Å²) in [5.74, 6) is 5.06. The Morgan fingerprint density at radius 2 is 2.07 bits per heavy atom. The molecule has 0 aromatic heterocycles. The second kappa shape index (κ2) is 4.11. The number of aryl methyl sites for hydroxylation is 2. The third-order valence-electron chi connectivity index (χ3n) is 2.15. The Balaban J connectivity index is 3.05. The van der Waals surface area contributed by atoms with Crippen LogP contribution in [0.25, 0.3) is 0 Å². The highest BCUT2D eigenvalue weighted by atomic mass is 16.2. The van der Waals surface area contributed by atoms with Crippen molar-refractivity contribution >= 4 is 11.7 Å². The van der Waals surface area contributed by atoms with Gasteiger partial charge in [0.15, 0.2) is 0 Å². The molecule has 0 aliphatic carbocycles. The first-order chi connectivity index (χ1) is 6.56. The van der Waals surface area contributed by atoms with Gasteiger partial charge in [0, 0.05) is 12.7 Å². The summed E-state index contributed by atoms with van der Waals surface area (Å²) in [5, 5.41) is 0. The fourth-order valence-corrected chi connectivity index (χ4v) is 1.29. The van der Waals surface area contributed by atoms with Crippen LogP contribution in [0.2, 0.25) is 0 Å². The van der Waals surface area contributed by atoms with Gasteiger partial charge < -0.3 is 0 Å². The molecule has 0 saturated heterocycles. The topological polar surface area (TPSA) is 58.4 Å². The van der Waals surface area contributed by atoms with Crippen LogP contribution in [0.3, 0.4) is 0 Å². The Hall–Kier alpha value is -1.55. The van der Waals surface area contributed by atoms with Gasteiger partial charge in [-0.05, 0) is 31.0 Å². The van der Waals surface area contributed by atoms with Gasteiger partial charge in [0.25, 0.3) is 0 Å². The SMILES string of the molecule is Cc1ccc(C)c(N(C)C(=O)NN)c1. The van der Waals surface area contributed by atoms with Crippen molar-refractivity contribution in [3.05, 3.63) is 29.3 Å². The summed E-state index contributed by atoms with van der Waals surface area (Å²) in [6, 6.07) is 5.61. The molecular weight excluding hydrogens is 178 g/mol. The number of carbonyl (C=O) groups is 1. The Kier molecular flexibility index (Phi) is 3.09. The molecule has 1 aromatic carbocycles. The van der Waals surface area contributed by atoms with Gasteiger partial charge in [-0.25, -0.2) is 10.6 Å². The number of amides is 2. The van der Waals surface area contributed by atoms with Gasteiger partial charge in [-0.3, -0.25) is 10.3 Å². The zero-order valence-corrected chi connectivity index (χ0v) is 8.66. The predicted octanol–water partition coefficient (Wildman–Crippen LogP) is 1.32. The minimum Gasteiger partial charge on any atom is -0.296 e. The lowest BCUT2D eigenvalue weighted by molar-refractivity contribution is 0.247. The van der Waals surface area contributed by atoms with Crippen LogP contribution in [0.15, 0.2) is 18.2 Å². The number of benzene rings is 1. The van der Waals surface area contributed by atoms with Crippen molar-refractivity contribution in [2.75, 3.05) is 11.9 Å². The van der Waals surface area contributed by atoms with E-state index in [4.69, 9.17) is 5.84 Å². The number of nitrogens with one attached hydrogen (secondary N) is 1. The van der Waals surface area contributed by atoms with Gasteiger partial charge >= 0.3 is 6.03 Å². The number of anilines is 1. The molecule has 0 atom stereocenters. The average Bonchev–Trinajstić information content (AvgIpc) is 2.19. The third kappa shape index (κ3) is 2.03. The average molecular weight is 193 g/mol. The van der Waals surface area contributed by atoms with Crippen molar-refractivity contribution in [1.29, 1.82) is 0 Å². The van der Waals surface area contributed by atoms with Gasteiger partial charge in [-0.2, -0.15) is 0 Å². The zero-order chi connectivity index (χ0) is 10.7. The van der Waals surface area contributed by atoms with Crippen LogP contribution in [0, 0.1) is 13.8 Å². The Morgan fingerprint density at radius 3 is 2.64 bits per heavy atom. The number of hydrogen-bond donors (Lipinski definition) is 2. The molecule has 2 amide bonds. The van der Waals surface area contributed by atoms with Crippen LogP contribution in [-0.4, -0.2) is 13.1 Å². The molecule has 0 heterocycles. The second-order valence-electron chi connectivity index (χ2n) is 3.30. The van der Waals surface area contributed by atoms with Gasteiger partial charge in [0.05, 0.1) is 0 Å². The zero-order valence-electron chi connectivity index (χ0n) is 8.66. The molecule has 0 unspecified atom stereocenters. The predicted molar refractivity (Wildman–Crippen MR) is 57.0 cm³/mol. The van der Waals surface area contributed by atoms with Gasteiger partial charge in [-0.15, -0.1) is 0 Å². The largest absolute Gasteiger partial charge is 0.335 e. The van der Waals surface area contributed by atoms with E-state index in [0.717, 1.165) is 16.8 Å². The second-order valence-corrected chi connectivity index (χ2v) is 3.30. The highest BCUT2D eigenvalue weighted by molar-refractivity contribution is 5.91. The van der Waals surface area contributed by atoms with Gasteiger partial charge in [-0.1, -0.05) is 12.1 Å². The molecule has 1 aromatic rings. The number of hydrogen-bond acceptors (Lipinski definition) is 2. The molecule has 14 heavy (non-hydrogen) atoms. The quantitative estimate of drug-likeness (QED) is 0.401. The molecule has 4 heteroatoms. The normalized spacial score (nSPS) is 9.71. The standard InChI is InChI=1S/C10H15N3O/c1-7-4-5-8(2)9(6-7)13(3)10(14)12-11/h4-6H,11H2,1-3H3,(H,12,14). The van der Waals surface area contributed by atoms with Crippen LogP contribution < -0.4 is 16.2 Å². The first-order valence-electron chi connectivity index (χ1n) is 4.38. The van der Waals surface area contributed by atoms with E-state index in [1.54, 1.807) is 7.05 Å². The fraction of sp³-hybridized carbons (Fsp3) is 0.300. The van der Waals surface area contributed by atoms with E-state index < -0.39 is 0 Å². The summed E-state index contributed by atoms with van der Waals surface area (Å²) in [5.41, 5.74) is 5.12. The van der Waals surface area contributed by atoms with Crippen molar-refractivity contribution in [2.45, 2.75) is 13.8 Å². The molecule has 0 bridgehead atoms. The summed E-state index contributed by atoms with van der Waals surface area (Å²) >= 11 is 0. The first kappa shape index (κ1) is 10.5. The molecule has 3 N–H and O–H groups in total. The van der Waals surface area contributed by atoms with Crippen molar-refractivity contribution in [3.8, 4) is 0 Å². The molecule has 0 aliphatic heterocycles. The number of hydrazine groups is 1. The molecule has 76 valence electrons. The Labute approximate surface area is 83.7 Å². The van der Waals surface area contributed by atoms with E-state index >= 15 is 0 Å². The molecule has 0 fully saturated rings. The number of carbonyl (C=O) groups excluding carboxylic acids is 1. The third-order valence-corrected chi connectivity index (χ3v) is 2.15. The number of nitrogens with zero attached hydrogens (tertiary/aromatic N) is 1. The number of rotatable bonds is 1. The maximum Gasteiger partial charge on any atom is 0.335 e.